The summed E-state index contributed by atoms with van der Waals surface area (Å²) in [5, 5.41) is 0. The minimum Gasteiger partial charge on any atom is -0.318 e. The molecule has 1 unspecified atom stereocenters. The molecule has 0 N–H and O–H groups in total. The van der Waals surface area contributed by atoms with Gasteiger partial charge in [-0.1, -0.05) is 6.08 Å². The molecule has 0 saturated carbocycles. The van der Waals surface area contributed by atoms with Gasteiger partial charge in [0.2, 0.25) is 0 Å². The van der Waals surface area contributed by atoms with Crippen LogP contribution in [0.25, 0.3) is 0 Å². The van der Waals surface area contributed by atoms with Gasteiger partial charge >= 0.3 is 0 Å². The van der Waals surface area contributed by atoms with Gasteiger partial charge in [-0.3, -0.25) is 0 Å². The van der Waals surface area contributed by atoms with Crippen LogP contribution in [0.4, 0.5) is 0 Å². The molecule has 0 aromatic rings. The molecule has 1 nitrogen and oxygen atoms in total. The fourth-order valence-electron chi connectivity index (χ4n) is 0.534. The molecule has 0 saturated heterocycles. The Hall–Kier alpha value is -0.290. The minimum absolute atomic E-state index is 1.13. The Morgan fingerprint density at radius 1 is 1.71 bits per heavy atom. The van der Waals surface area contributed by atoms with Gasteiger partial charge < -0.3 is 4.57 Å². The molecule has 0 bridgehead atoms. The molecule has 1 aliphatic rings. The van der Waals surface area contributed by atoms with E-state index < -0.39 is 7.80 Å². The van der Waals surface area contributed by atoms with Gasteiger partial charge in [-0.05, 0) is 24.1 Å². The molecule has 1 rings (SSSR count). The molecule has 0 aromatic heterocycles. The highest BCUT2D eigenvalue weighted by atomic mass is 31.1. The summed E-state index contributed by atoms with van der Waals surface area (Å²) in [5.74, 6) is 3.55. The lowest BCUT2D eigenvalue weighted by atomic mass is 10.4. The highest BCUT2D eigenvalue weighted by molar-refractivity contribution is 7.52. The van der Waals surface area contributed by atoms with Crippen LogP contribution in [0.3, 0.4) is 0 Å². The maximum absolute atomic E-state index is 10.5. The third kappa shape index (κ3) is 1.04. The van der Waals surface area contributed by atoms with Crippen molar-refractivity contribution >= 4 is 7.80 Å². The number of allylic oxidation sites excluding steroid dienone is 2. The predicted octanol–water partition coefficient (Wildman–Crippen LogP) is 1.98. The molecule has 0 fully saturated rings. The first-order chi connectivity index (χ1) is 3.29. The Morgan fingerprint density at radius 2 is 2.43 bits per heavy atom. The van der Waals surface area contributed by atoms with Gasteiger partial charge in [0.05, 0.1) is 0 Å². The minimum atomic E-state index is -1.40. The molecule has 0 spiro atoms. The quantitative estimate of drug-likeness (QED) is 0.440. The molecule has 0 radical (unpaired) electrons. The second kappa shape index (κ2) is 1.67. The van der Waals surface area contributed by atoms with Crippen LogP contribution >= 0.6 is 7.80 Å². The Kier molecular flexibility index (Phi) is 1.16. The molecule has 1 aliphatic heterocycles. The third-order valence-corrected chi connectivity index (χ3v) is 2.12. The first-order valence-electron chi connectivity index (χ1n) is 2.19. The van der Waals surface area contributed by atoms with Gasteiger partial charge in [0, 0.05) is 0 Å². The second-order valence-corrected chi connectivity index (χ2v) is 3.05. The lowest BCUT2D eigenvalue weighted by molar-refractivity contribution is 0.597. The van der Waals surface area contributed by atoms with E-state index in [1.54, 1.807) is 11.6 Å². The summed E-state index contributed by atoms with van der Waals surface area (Å²) in [5.41, 5.74) is 1.13. The van der Waals surface area contributed by atoms with Crippen molar-refractivity contribution in [2.45, 2.75) is 6.92 Å². The number of rotatable bonds is 0. The van der Waals surface area contributed by atoms with Crippen molar-refractivity contribution in [3.63, 3.8) is 0 Å². The average Bonchev–Trinajstić information content (AvgIpc) is 1.87. The van der Waals surface area contributed by atoms with Crippen LogP contribution in [0.1, 0.15) is 6.92 Å². The summed E-state index contributed by atoms with van der Waals surface area (Å²) in [6, 6.07) is 0. The smallest absolute Gasteiger partial charge is 0.118 e. The molecule has 0 amide bonds. The molecule has 1 atom stereocenters. The van der Waals surface area contributed by atoms with Crippen LogP contribution in [-0.4, -0.2) is 0 Å². The summed E-state index contributed by atoms with van der Waals surface area (Å²) in [7, 11) is -1.40. The maximum atomic E-state index is 10.5. The van der Waals surface area contributed by atoms with Crippen molar-refractivity contribution in [3.05, 3.63) is 23.3 Å². The van der Waals surface area contributed by atoms with Crippen LogP contribution in [0.5, 0.6) is 0 Å². The van der Waals surface area contributed by atoms with Crippen LogP contribution in [0.2, 0.25) is 0 Å². The largest absolute Gasteiger partial charge is 0.318 e. The predicted molar refractivity (Wildman–Crippen MR) is 31.9 cm³/mol. The first kappa shape index (κ1) is 4.86. The van der Waals surface area contributed by atoms with E-state index in [1.807, 2.05) is 13.0 Å². The zero-order chi connectivity index (χ0) is 5.28. The van der Waals surface area contributed by atoms with E-state index >= 15 is 0 Å². The molecule has 7 heavy (non-hydrogen) atoms. The Morgan fingerprint density at radius 3 is 2.57 bits per heavy atom. The van der Waals surface area contributed by atoms with Gasteiger partial charge in [-0.2, -0.15) is 0 Å². The lowest BCUT2D eigenvalue weighted by Gasteiger charge is -1.73. The van der Waals surface area contributed by atoms with E-state index in [0.717, 1.165) is 5.57 Å². The van der Waals surface area contributed by atoms with Gasteiger partial charge in [-0.25, -0.2) is 0 Å². The van der Waals surface area contributed by atoms with Gasteiger partial charge in [0.1, 0.15) is 7.80 Å². The monoisotopic (exact) mass is 114 g/mol. The van der Waals surface area contributed by atoms with Crippen molar-refractivity contribution in [2.24, 2.45) is 0 Å². The summed E-state index contributed by atoms with van der Waals surface area (Å²) in [4.78, 5) is 0. The van der Waals surface area contributed by atoms with E-state index in [2.05, 4.69) is 0 Å². The summed E-state index contributed by atoms with van der Waals surface area (Å²) < 4.78 is 10.5. The van der Waals surface area contributed by atoms with E-state index in [1.165, 1.54) is 0 Å². The van der Waals surface area contributed by atoms with Crippen LogP contribution in [0.15, 0.2) is 23.3 Å². The number of hydrogen-bond acceptors (Lipinski definition) is 1. The summed E-state index contributed by atoms with van der Waals surface area (Å²) in [6.07, 6.45) is 1.89. The standard InChI is InChI=1S/C5H7OP/c1-5-2-3-7(6)4-5/h2-4,7H,1H3. The van der Waals surface area contributed by atoms with Crippen molar-refractivity contribution in [1.82, 2.24) is 0 Å². The third-order valence-electron chi connectivity index (χ3n) is 0.880. The van der Waals surface area contributed by atoms with Crippen molar-refractivity contribution in [2.75, 3.05) is 0 Å². The molecule has 38 valence electrons. The molecular weight excluding hydrogens is 107 g/mol. The molecule has 2 heteroatoms. The average molecular weight is 114 g/mol. The maximum Gasteiger partial charge on any atom is 0.118 e. The van der Waals surface area contributed by atoms with E-state index in [9.17, 15) is 4.57 Å². The summed E-state index contributed by atoms with van der Waals surface area (Å²) >= 11 is 0. The van der Waals surface area contributed by atoms with E-state index in [-0.39, 0.29) is 0 Å². The second-order valence-electron chi connectivity index (χ2n) is 1.62. The van der Waals surface area contributed by atoms with E-state index in [4.69, 9.17) is 0 Å². The SMILES string of the molecule is CC1=C[PH](=O)C=C1. The zero-order valence-corrected chi connectivity index (χ0v) is 5.14. The first-order valence-corrected chi connectivity index (χ1v) is 3.76. The Bertz CT molecular complexity index is 155. The van der Waals surface area contributed by atoms with Crippen molar-refractivity contribution < 1.29 is 4.57 Å². The normalized spacial score (nSPS) is 28.1. The molecule has 1 heterocycles. The Balaban J connectivity index is 2.88. The van der Waals surface area contributed by atoms with E-state index in [0.29, 0.717) is 0 Å². The van der Waals surface area contributed by atoms with Crippen molar-refractivity contribution in [1.29, 1.82) is 0 Å². The molecule has 0 aromatic carbocycles. The zero-order valence-electron chi connectivity index (χ0n) is 4.14. The topological polar surface area (TPSA) is 17.1 Å². The number of hydrogen-bond donors (Lipinski definition) is 0. The summed E-state index contributed by atoms with van der Waals surface area (Å²) in [6.45, 7) is 1.95. The Labute approximate surface area is 43.5 Å². The van der Waals surface area contributed by atoms with Crippen LogP contribution in [-0.2, 0) is 4.57 Å². The van der Waals surface area contributed by atoms with Crippen LogP contribution in [0, 0.1) is 0 Å². The van der Waals surface area contributed by atoms with Gasteiger partial charge in [-0.15, -0.1) is 0 Å². The fourth-order valence-corrected chi connectivity index (χ4v) is 1.60. The highest BCUT2D eigenvalue weighted by Crippen LogP contribution is 2.32. The molecule has 0 aliphatic carbocycles. The fraction of sp³-hybridized carbons (Fsp3) is 0.200. The molecular formula is C5H7OP. The van der Waals surface area contributed by atoms with Crippen molar-refractivity contribution in [3.8, 4) is 0 Å². The lowest BCUT2D eigenvalue weighted by Crippen LogP contribution is -1.51. The van der Waals surface area contributed by atoms with Gasteiger partial charge in [0.25, 0.3) is 0 Å². The highest BCUT2D eigenvalue weighted by Gasteiger charge is 1.94. The van der Waals surface area contributed by atoms with Gasteiger partial charge in [0.15, 0.2) is 0 Å². The van der Waals surface area contributed by atoms with Crippen LogP contribution < -0.4 is 0 Å².